The number of hydrogen-bond donors (Lipinski definition) is 1. The number of rotatable bonds is 1. The molecule has 0 fully saturated rings. The fraction of sp³-hybridized carbons (Fsp3) is 0. The fourth-order valence-corrected chi connectivity index (χ4v) is 1.76. The molecule has 82 valence electrons. The van der Waals surface area contributed by atoms with Crippen LogP contribution in [0.2, 0.25) is 10.0 Å². The number of halogens is 3. The van der Waals surface area contributed by atoms with Crippen molar-refractivity contribution in [3.05, 3.63) is 46.3 Å². The first-order chi connectivity index (χ1) is 7.58. The molecular weight excluding hydrogens is 250 g/mol. The third kappa shape index (κ3) is 2.10. The van der Waals surface area contributed by atoms with E-state index in [1.165, 1.54) is 6.07 Å². The minimum absolute atomic E-state index is 0.213. The van der Waals surface area contributed by atoms with Gasteiger partial charge in [0.1, 0.15) is 11.6 Å². The summed E-state index contributed by atoms with van der Waals surface area (Å²) in [5.41, 5.74) is 6.67. The van der Waals surface area contributed by atoms with E-state index >= 15 is 0 Å². The molecule has 2 nitrogen and oxygen atoms in total. The third-order valence-electron chi connectivity index (χ3n) is 2.10. The Kier molecular flexibility index (Phi) is 2.99. The predicted molar refractivity (Wildman–Crippen MR) is 64.1 cm³/mol. The van der Waals surface area contributed by atoms with Crippen molar-refractivity contribution in [2.24, 2.45) is 0 Å². The zero-order valence-corrected chi connectivity index (χ0v) is 9.56. The van der Waals surface area contributed by atoms with E-state index in [0.29, 0.717) is 21.2 Å². The molecule has 0 aliphatic carbocycles. The number of nitrogens with zero attached hydrogens (tertiary/aromatic N) is 1. The number of nitrogens with two attached hydrogens (primary N) is 1. The lowest BCUT2D eigenvalue weighted by Gasteiger charge is -2.07. The van der Waals surface area contributed by atoms with Crippen molar-refractivity contribution in [1.29, 1.82) is 0 Å². The molecule has 0 saturated carbocycles. The van der Waals surface area contributed by atoms with Gasteiger partial charge in [-0.05, 0) is 24.3 Å². The van der Waals surface area contributed by atoms with Crippen LogP contribution in [0.1, 0.15) is 0 Å². The van der Waals surface area contributed by atoms with Crippen molar-refractivity contribution < 1.29 is 4.39 Å². The quantitative estimate of drug-likeness (QED) is 0.844. The maximum absolute atomic E-state index is 13.1. The molecule has 2 aromatic rings. The van der Waals surface area contributed by atoms with E-state index in [1.807, 2.05) is 0 Å². The molecule has 16 heavy (non-hydrogen) atoms. The van der Waals surface area contributed by atoms with Gasteiger partial charge >= 0.3 is 0 Å². The highest BCUT2D eigenvalue weighted by atomic mass is 35.5. The van der Waals surface area contributed by atoms with Crippen LogP contribution in [0.3, 0.4) is 0 Å². The van der Waals surface area contributed by atoms with E-state index in [9.17, 15) is 4.39 Å². The summed E-state index contributed by atoms with van der Waals surface area (Å²) in [6, 6.07) is 6.18. The molecule has 2 N–H and O–H groups in total. The highest BCUT2D eigenvalue weighted by molar-refractivity contribution is 6.35. The molecule has 1 heterocycles. The van der Waals surface area contributed by atoms with Gasteiger partial charge in [-0.25, -0.2) is 9.37 Å². The van der Waals surface area contributed by atoms with Crippen LogP contribution in [0.4, 0.5) is 10.2 Å². The molecule has 0 atom stereocenters. The predicted octanol–water partition coefficient (Wildman–Crippen LogP) is 3.78. The highest BCUT2D eigenvalue weighted by Gasteiger charge is 2.09. The lowest BCUT2D eigenvalue weighted by Crippen LogP contribution is -1.95. The van der Waals surface area contributed by atoms with Gasteiger partial charge in [0.05, 0.1) is 6.20 Å². The standard InChI is InChI=1S/C11H7Cl2FN2/c12-6-1-2-10(13)8(3-6)9-4-7(14)5-16-11(9)15/h1-5H,(H2,15,16). The van der Waals surface area contributed by atoms with Gasteiger partial charge in [-0.3, -0.25) is 0 Å². The summed E-state index contributed by atoms with van der Waals surface area (Å²) in [5, 5.41) is 0.951. The number of pyridine rings is 1. The van der Waals surface area contributed by atoms with E-state index in [-0.39, 0.29) is 5.82 Å². The number of benzene rings is 1. The molecule has 0 aliphatic heterocycles. The smallest absolute Gasteiger partial charge is 0.142 e. The van der Waals surface area contributed by atoms with Crippen LogP contribution in [0.5, 0.6) is 0 Å². The Morgan fingerprint density at radius 1 is 1.12 bits per heavy atom. The van der Waals surface area contributed by atoms with Crippen LogP contribution >= 0.6 is 23.2 Å². The molecule has 2 rings (SSSR count). The van der Waals surface area contributed by atoms with Crippen molar-refractivity contribution in [2.75, 3.05) is 5.73 Å². The highest BCUT2D eigenvalue weighted by Crippen LogP contribution is 2.33. The second-order valence-electron chi connectivity index (χ2n) is 3.21. The zero-order valence-electron chi connectivity index (χ0n) is 8.05. The minimum Gasteiger partial charge on any atom is -0.383 e. The summed E-state index contributed by atoms with van der Waals surface area (Å²) in [6.07, 6.45) is 1.05. The number of hydrogen-bond acceptors (Lipinski definition) is 2. The van der Waals surface area contributed by atoms with Crippen LogP contribution in [-0.4, -0.2) is 4.98 Å². The first-order valence-corrected chi connectivity index (χ1v) is 5.20. The number of nitrogen functional groups attached to an aromatic ring is 1. The van der Waals surface area contributed by atoms with Crippen LogP contribution in [0.15, 0.2) is 30.5 Å². The Bertz CT molecular complexity index is 494. The van der Waals surface area contributed by atoms with Crippen LogP contribution < -0.4 is 5.73 Å². The number of anilines is 1. The second kappa shape index (κ2) is 4.28. The van der Waals surface area contributed by atoms with Crippen molar-refractivity contribution in [3.63, 3.8) is 0 Å². The Balaban J connectivity index is 2.66. The first-order valence-electron chi connectivity index (χ1n) is 4.44. The molecule has 1 aromatic carbocycles. The Hall–Kier alpha value is -1.32. The minimum atomic E-state index is -0.472. The van der Waals surface area contributed by atoms with Crippen LogP contribution in [-0.2, 0) is 0 Å². The van der Waals surface area contributed by atoms with Crippen molar-refractivity contribution >= 4 is 29.0 Å². The summed E-state index contributed by atoms with van der Waals surface area (Å²) < 4.78 is 13.1. The van der Waals surface area contributed by atoms with Crippen molar-refractivity contribution in [2.45, 2.75) is 0 Å². The van der Waals surface area contributed by atoms with E-state index in [2.05, 4.69) is 4.98 Å². The largest absolute Gasteiger partial charge is 0.383 e. The molecule has 0 spiro atoms. The summed E-state index contributed by atoms with van der Waals surface area (Å²) in [5.74, 6) is -0.259. The maximum Gasteiger partial charge on any atom is 0.142 e. The van der Waals surface area contributed by atoms with Gasteiger partial charge in [-0.15, -0.1) is 0 Å². The lowest BCUT2D eigenvalue weighted by molar-refractivity contribution is 0.622. The lowest BCUT2D eigenvalue weighted by atomic mass is 10.1. The van der Waals surface area contributed by atoms with Gasteiger partial charge < -0.3 is 5.73 Å². The first kappa shape index (κ1) is 11.2. The van der Waals surface area contributed by atoms with Gasteiger partial charge in [0.2, 0.25) is 0 Å². The topological polar surface area (TPSA) is 38.9 Å². The van der Waals surface area contributed by atoms with Gasteiger partial charge in [0.15, 0.2) is 0 Å². The zero-order chi connectivity index (χ0) is 11.7. The van der Waals surface area contributed by atoms with Crippen LogP contribution in [0.25, 0.3) is 11.1 Å². The molecule has 0 amide bonds. The number of aromatic nitrogens is 1. The summed E-state index contributed by atoms with van der Waals surface area (Å²) in [6.45, 7) is 0. The van der Waals surface area contributed by atoms with Gasteiger partial charge in [-0.2, -0.15) is 0 Å². The molecule has 0 saturated heterocycles. The van der Waals surface area contributed by atoms with Gasteiger partial charge in [-0.1, -0.05) is 23.2 Å². The fourth-order valence-electron chi connectivity index (χ4n) is 1.37. The van der Waals surface area contributed by atoms with Gasteiger partial charge in [0, 0.05) is 21.2 Å². The summed E-state index contributed by atoms with van der Waals surface area (Å²) >= 11 is 11.8. The van der Waals surface area contributed by atoms with Gasteiger partial charge in [0.25, 0.3) is 0 Å². The Morgan fingerprint density at radius 2 is 1.88 bits per heavy atom. The molecular formula is C11H7Cl2FN2. The van der Waals surface area contributed by atoms with Crippen LogP contribution in [0, 0.1) is 5.82 Å². The molecule has 0 aliphatic rings. The van der Waals surface area contributed by atoms with Crippen molar-refractivity contribution in [1.82, 2.24) is 4.98 Å². The average molecular weight is 257 g/mol. The van der Waals surface area contributed by atoms with E-state index in [4.69, 9.17) is 28.9 Å². The average Bonchev–Trinajstić information content (AvgIpc) is 2.25. The Morgan fingerprint density at radius 3 is 2.62 bits per heavy atom. The molecule has 1 aromatic heterocycles. The Labute approximate surface area is 102 Å². The maximum atomic E-state index is 13.1. The molecule has 0 unspecified atom stereocenters. The molecule has 5 heteroatoms. The van der Waals surface area contributed by atoms with E-state index < -0.39 is 5.82 Å². The monoisotopic (exact) mass is 256 g/mol. The summed E-state index contributed by atoms with van der Waals surface area (Å²) in [4.78, 5) is 3.73. The van der Waals surface area contributed by atoms with E-state index in [0.717, 1.165) is 6.20 Å². The second-order valence-corrected chi connectivity index (χ2v) is 4.05. The third-order valence-corrected chi connectivity index (χ3v) is 2.67. The SMILES string of the molecule is Nc1ncc(F)cc1-c1cc(Cl)ccc1Cl. The molecule has 0 bridgehead atoms. The summed E-state index contributed by atoms with van der Waals surface area (Å²) in [7, 11) is 0. The molecule has 0 radical (unpaired) electrons. The normalized spacial score (nSPS) is 10.4. The van der Waals surface area contributed by atoms with Crippen molar-refractivity contribution in [3.8, 4) is 11.1 Å². The van der Waals surface area contributed by atoms with E-state index in [1.54, 1.807) is 18.2 Å².